The van der Waals surface area contributed by atoms with Gasteiger partial charge in [0.05, 0.1) is 12.7 Å². The van der Waals surface area contributed by atoms with Gasteiger partial charge in [-0.15, -0.1) is 0 Å². The highest BCUT2D eigenvalue weighted by Crippen LogP contribution is 2.36. The van der Waals surface area contributed by atoms with Crippen LogP contribution < -0.4 is 0 Å². The zero-order valence-corrected chi connectivity index (χ0v) is 15.4. The fraction of sp³-hybridized carbons (Fsp3) is 1.00. The Balaban J connectivity index is 2.22. The molecule has 126 valence electrons. The van der Waals surface area contributed by atoms with E-state index in [0.29, 0.717) is 6.54 Å². The Morgan fingerprint density at radius 1 is 1.10 bits per heavy atom. The van der Waals surface area contributed by atoms with Crippen LogP contribution in [0.5, 0.6) is 0 Å². The smallest absolute Gasteiger partial charge is 0.192 e. The lowest BCUT2D eigenvalue weighted by molar-refractivity contribution is 0.0371. The number of β-amino-alcohol motifs (C(OH)–C–C–N with tert-alkyl or cyclic N) is 1. The van der Waals surface area contributed by atoms with E-state index in [9.17, 15) is 5.11 Å². The van der Waals surface area contributed by atoms with Gasteiger partial charge in [-0.3, -0.25) is 9.80 Å². The Bertz CT molecular complexity index is 300. The Morgan fingerprint density at radius 3 is 2.10 bits per heavy atom. The summed E-state index contributed by atoms with van der Waals surface area (Å²) in [5.74, 6) is 0. The highest BCUT2D eigenvalue weighted by Gasteiger charge is 2.37. The highest BCUT2D eigenvalue weighted by atomic mass is 28.4. The predicted octanol–water partition coefficient (Wildman–Crippen LogP) is 0.979. The standard InChI is InChI=1S/C15H34N2O3Si/c1-15(2,3)21(4,5)20-11-10-16-6-8-17(9-7-16)12-14(19)13-18/h14,18-19H,6-13H2,1-5H3. The summed E-state index contributed by atoms with van der Waals surface area (Å²) in [6, 6.07) is 0. The molecule has 1 rings (SSSR count). The van der Waals surface area contributed by atoms with Crippen LogP contribution in [0, 0.1) is 0 Å². The molecule has 0 amide bonds. The van der Waals surface area contributed by atoms with Gasteiger partial charge in [0.15, 0.2) is 8.32 Å². The van der Waals surface area contributed by atoms with Gasteiger partial charge in [0.1, 0.15) is 0 Å². The average Bonchev–Trinajstić information content (AvgIpc) is 2.39. The van der Waals surface area contributed by atoms with Crippen molar-refractivity contribution in [1.29, 1.82) is 0 Å². The van der Waals surface area contributed by atoms with Crippen LogP contribution in [0.15, 0.2) is 0 Å². The first-order valence-corrected chi connectivity index (χ1v) is 10.9. The van der Waals surface area contributed by atoms with E-state index in [0.717, 1.165) is 39.3 Å². The molecular formula is C15H34N2O3Si. The van der Waals surface area contributed by atoms with Crippen molar-refractivity contribution in [3.8, 4) is 0 Å². The van der Waals surface area contributed by atoms with Crippen LogP contribution in [0.4, 0.5) is 0 Å². The number of hydrogen-bond donors (Lipinski definition) is 2. The van der Waals surface area contributed by atoms with Gasteiger partial charge in [0, 0.05) is 45.9 Å². The van der Waals surface area contributed by atoms with Gasteiger partial charge in [0.2, 0.25) is 0 Å². The summed E-state index contributed by atoms with van der Waals surface area (Å²) in [4.78, 5) is 4.64. The maximum atomic E-state index is 9.46. The Morgan fingerprint density at radius 2 is 1.62 bits per heavy atom. The van der Waals surface area contributed by atoms with Crippen LogP contribution in [0.25, 0.3) is 0 Å². The zero-order chi connectivity index (χ0) is 16.1. The molecule has 0 aromatic heterocycles. The summed E-state index contributed by atoms with van der Waals surface area (Å²) in [6.45, 7) is 17.6. The first-order chi connectivity index (χ1) is 9.65. The predicted molar refractivity (Wildman–Crippen MR) is 89.1 cm³/mol. The van der Waals surface area contributed by atoms with Gasteiger partial charge < -0.3 is 14.6 Å². The third-order valence-electron chi connectivity index (χ3n) is 4.82. The van der Waals surface area contributed by atoms with Crippen molar-refractivity contribution < 1.29 is 14.6 Å². The minimum atomic E-state index is -1.63. The van der Waals surface area contributed by atoms with Gasteiger partial charge in [-0.2, -0.15) is 0 Å². The van der Waals surface area contributed by atoms with Gasteiger partial charge >= 0.3 is 0 Å². The Labute approximate surface area is 131 Å². The first kappa shape index (κ1) is 19.1. The Kier molecular flexibility index (Phi) is 7.29. The summed E-state index contributed by atoms with van der Waals surface area (Å²) in [5, 5.41) is 18.6. The van der Waals surface area contributed by atoms with E-state index in [1.807, 2.05) is 0 Å². The fourth-order valence-corrected chi connectivity index (χ4v) is 3.23. The monoisotopic (exact) mass is 318 g/mol. The lowest BCUT2D eigenvalue weighted by Gasteiger charge is -2.38. The van der Waals surface area contributed by atoms with Crippen molar-refractivity contribution in [2.24, 2.45) is 0 Å². The third kappa shape index (κ3) is 6.34. The van der Waals surface area contributed by atoms with Crippen molar-refractivity contribution in [1.82, 2.24) is 9.80 Å². The number of nitrogens with zero attached hydrogens (tertiary/aromatic N) is 2. The van der Waals surface area contributed by atoms with E-state index >= 15 is 0 Å². The number of hydrogen-bond acceptors (Lipinski definition) is 5. The van der Waals surface area contributed by atoms with Crippen molar-refractivity contribution in [3.63, 3.8) is 0 Å². The second-order valence-corrected chi connectivity index (χ2v) is 12.4. The molecule has 6 heteroatoms. The van der Waals surface area contributed by atoms with Crippen LogP contribution in [0.1, 0.15) is 20.8 Å². The molecule has 21 heavy (non-hydrogen) atoms. The van der Waals surface area contributed by atoms with Crippen LogP contribution in [-0.2, 0) is 4.43 Å². The highest BCUT2D eigenvalue weighted by molar-refractivity contribution is 6.74. The van der Waals surface area contributed by atoms with Crippen LogP contribution in [0.2, 0.25) is 18.1 Å². The number of aliphatic hydroxyl groups is 2. The van der Waals surface area contributed by atoms with Crippen LogP contribution in [-0.4, -0.2) is 86.9 Å². The van der Waals surface area contributed by atoms with Crippen molar-refractivity contribution in [2.45, 2.75) is 45.0 Å². The lowest BCUT2D eigenvalue weighted by atomic mass is 10.2. The summed E-state index contributed by atoms with van der Waals surface area (Å²) in [5.41, 5.74) is 0. The summed E-state index contributed by atoms with van der Waals surface area (Å²) >= 11 is 0. The van der Waals surface area contributed by atoms with Crippen molar-refractivity contribution in [3.05, 3.63) is 0 Å². The molecule has 5 nitrogen and oxygen atoms in total. The molecule has 1 atom stereocenters. The molecule has 2 N–H and O–H groups in total. The molecule has 0 aliphatic carbocycles. The molecule has 0 aromatic rings. The van der Waals surface area contributed by atoms with E-state index < -0.39 is 14.4 Å². The van der Waals surface area contributed by atoms with E-state index in [-0.39, 0.29) is 11.6 Å². The second-order valence-electron chi connectivity index (χ2n) is 7.59. The number of piperazine rings is 1. The molecule has 1 aliphatic rings. The molecule has 0 aromatic carbocycles. The average molecular weight is 319 g/mol. The minimum absolute atomic E-state index is 0.152. The topological polar surface area (TPSA) is 56.2 Å². The van der Waals surface area contributed by atoms with E-state index in [1.54, 1.807) is 0 Å². The summed E-state index contributed by atoms with van der Waals surface area (Å²) in [7, 11) is -1.63. The summed E-state index contributed by atoms with van der Waals surface area (Å²) in [6.07, 6.45) is -0.613. The molecule has 1 fully saturated rings. The van der Waals surface area contributed by atoms with Gasteiger partial charge in [-0.1, -0.05) is 20.8 Å². The zero-order valence-electron chi connectivity index (χ0n) is 14.4. The van der Waals surface area contributed by atoms with Crippen LogP contribution in [0.3, 0.4) is 0 Å². The molecule has 0 bridgehead atoms. The van der Waals surface area contributed by atoms with Gasteiger partial charge in [-0.05, 0) is 18.1 Å². The molecule has 1 unspecified atom stereocenters. The van der Waals surface area contributed by atoms with Crippen LogP contribution >= 0.6 is 0 Å². The summed E-state index contributed by atoms with van der Waals surface area (Å²) < 4.78 is 6.22. The van der Waals surface area contributed by atoms with Gasteiger partial charge in [-0.25, -0.2) is 0 Å². The fourth-order valence-electron chi connectivity index (χ4n) is 2.20. The SMILES string of the molecule is CC(C)(C)[Si](C)(C)OCCN1CCN(CC(O)CO)CC1. The Hall–Kier alpha value is 0.0169. The largest absolute Gasteiger partial charge is 0.416 e. The molecular weight excluding hydrogens is 284 g/mol. The molecule has 1 saturated heterocycles. The van der Waals surface area contributed by atoms with E-state index in [1.165, 1.54) is 0 Å². The molecule has 0 spiro atoms. The molecule has 1 aliphatic heterocycles. The maximum Gasteiger partial charge on any atom is 0.192 e. The molecule has 1 heterocycles. The quantitative estimate of drug-likeness (QED) is 0.685. The van der Waals surface area contributed by atoms with Crippen molar-refractivity contribution in [2.75, 3.05) is 52.5 Å². The normalized spacial score (nSPS) is 20.7. The third-order valence-corrected chi connectivity index (χ3v) is 9.36. The number of aliphatic hydroxyl groups excluding tert-OH is 2. The van der Waals surface area contributed by atoms with E-state index in [2.05, 4.69) is 43.7 Å². The molecule has 0 saturated carbocycles. The van der Waals surface area contributed by atoms with Crippen molar-refractivity contribution >= 4 is 8.32 Å². The second kappa shape index (κ2) is 8.03. The molecule has 0 radical (unpaired) electrons. The lowest BCUT2D eigenvalue weighted by Crippen LogP contribution is -2.50. The van der Waals surface area contributed by atoms with Gasteiger partial charge in [0.25, 0.3) is 0 Å². The minimum Gasteiger partial charge on any atom is -0.416 e. The number of rotatable bonds is 7. The first-order valence-electron chi connectivity index (χ1n) is 8.03. The maximum absolute atomic E-state index is 9.46. The van der Waals surface area contributed by atoms with E-state index in [4.69, 9.17) is 9.53 Å².